The Bertz CT molecular complexity index is 757. The van der Waals surface area contributed by atoms with Crippen LogP contribution in [0.4, 0.5) is 10.1 Å². The summed E-state index contributed by atoms with van der Waals surface area (Å²) < 4.78 is 13.1. The summed E-state index contributed by atoms with van der Waals surface area (Å²) in [5, 5.41) is 0. The smallest absolute Gasteiger partial charge is 0.227 e. The van der Waals surface area contributed by atoms with Crippen LogP contribution in [0.3, 0.4) is 0 Å². The van der Waals surface area contributed by atoms with Gasteiger partial charge in [-0.1, -0.05) is 38.1 Å². The van der Waals surface area contributed by atoms with Crippen LogP contribution in [-0.2, 0) is 22.6 Å². The highest BCUT2D eigenvalue weighted by molar-refractivity contribution is 5.93. The minimum absolute atomic E-state index is 0.00849. The number of hydrogen-bond donors (Lipinski definition) is 0. The topological polar surface area (TPSA) is 40.6 Å². The van der Waals surface area contributed by atoms with Gasteiger partial charge in [-0.25, -0.2) is 4.39 Å². The number of rotatable bonds is 8. The molecule has 0 heterocycles. The number of carbonyl (C=O) groups is 2. The summed E-state index contributed by atoms with van der Waals surface area (Å²) >= 11 is 0. The number of halogens is 1. The molecule has 0 N–H and O–H groups in total. The van der Waals surface area contributed by atoms with E-state index in [0.717, 1.165) is 29.8 Å². The first-order valence-electron chi connectivity index (χ1n) is 9.32. The maximum absolute atomic E-state index is 13.1. The molecule has 0 aliphatic rings. The number of carbonyl (C=O) groups excluding carboxylic acids is 2. The van der Waals surface area contributed by atoms with Crippen molar-refractivity contribution in [3.8, 4) is 0 Å². The van der Waals surface area contributed by atoms with Crippen molar-refractivity contribution in [2.75, 3.05) is 18.5 Å². The first-order chi connectivity index (χ1) is 12.9. The third-order valence-corrected chi connectivity index (χ3v) is 4.45. The Balaban J connectivity index is 2.13. The Morgan fingerprint density at radius 2 is 1.48 bits per heavy atom. The zero-order valence-corrected chi connectivity index (χ0v) is 16.2. The van der Waals surface area contributed by atoms with E-state index < -0.39 is 0 Å². The highest BCUT2D eigenvalue weighted by Gasteiger charge is 2.15. The molecule has 0 aliphatic carbocycles. The standard InChI is InChI=1S/C22H27FN2O2/c1-4-14-24(3)22(27)15-17-8-12-20(13-9-17)25(21(26)5-2)16-18-6-10-19(23)11-7-18/h6-13H,4-5,14-16H2,1-3H3. The second-order valence-corrected chi connectivity index (χ2v) is 6.62. The third kappa shape index (κ3) is 5.91. The Kier molecular flexibility index (Phi) is 7.53. The highest BCUT2D eigenvalue weighted by atomic mass is 19.1. The lowest BCUT2D eigenvalue weighted by atomic mass is 10.1. The van der Waals surface area contributed by atoms with E-state index in [1.165, 1.54) is 12.1 Å². The third-order valence-electron chi connectivity index (χ3n) is 4.45. The largest absolute Gasteiger partial charge is 0.345 e. The van der Waals surface area contributed by atoms with E-state index in [1.807, 2.05) is 45.2 Å². The molecule has 0 aromatic heterocycles. The zero-order chi connectivity index (χ0) is 19.8. The number of anilines is 1. The molecule has 144 valence electrons. The van der Waals surface area contributed by atoms with Crippen LogP contribution in [0.25, 0.3) is 0 Å². The summed E-state index contributed by atoms with van der Waals surface area (Å²) in [5.41, 5.74) is 2.54. The quantitative estimate of drug-likeness (QED) is 0.699. The SMILES string of the molecule is CCCN(C)C(=O)Cc1ccc(N(Cc2ccc(F)cc2)C(=O)CC)cc1. The molecule has 0 saturated heterocycles. The van der Waals surface area contributed by atoms with Gasteiger partial charge in [-0.2, -0.15) is 0 Å². The first kappa shape index (κ1) is 20.6. The summed E-state index contributed by atoms with van der Waals surface area (Å²) in [6.07, 6.45) is 1.65. The molecular formula is C22H27FN2O2. The Hall–Kier alpha value is -2.69. The lowest BCUT2D eigenvalue weighted by Crippen LogP contribution is -2.30. The normalized spacial score (nSPS) is 10.5. The second-order valence-electron chi connectivity index (χ2n) is 6.62. The van der Waals surface area contributed by atoms with Gasteiger partial charge in [0.1, 0.15) is 5.82 Å². The molecule has 0 unspecified atom stereocenters. The molecule has 0 fully saturated rings. The van der Waals surface area contributed by atoms with Gasteiger partial charge in [0.05, 0.1) is 13.0 Å². The van der Waals surface area contributed by atoms with E-state index >= 15 is 0 Å². The fourth-order valence-electron chi connectivity index (χ4n) is 2.85. The van der Waals surface area contributed by atoms with Gasteiger partial charge in [0, 0.05) is 25.7 Å². The monoisotopic (exact) mass is 370 g/mol. The molecule has 2 amide bonds. The van der Waals surface area contributed by atoms with Gasteiger partial charge in [0.2, 0.25) is 11.8 Å². The molecule has 5 heteroatoms. The molecule has 2 aromatic rings. The molecule has 0 radical (unpaired) electrons. The van der Waals surface area contributed by atoms with Crippen molar-refractivity contribution in [2.24, 2.45) is 0 Å². The molecule has 2 aromatic carbocycles. The molecule has 0 aliphatic heterocycles. The highest BCUT2D eigenvalue weighted by Crippen LogP contribution is 2.20. The maximum Gasteiger partial charge on any atom is 0.227 e. The number of nitrogens with zero attached hydrogens (tertiary/aromatic N) is 2. The van der Waals surface area contributed by atoms with Crippen molar-refractivity contribution in [2.45, 2.75) is 39.7 Å². The zero-order valence-electron chi connectivity index (χ0n) is 16.2. The maximum atomic E-state index is 13.1. The van der Waals surface area contributed by atoms with Gasteiger partial charge < -0.3 is 9.80 Å². The number of benzene rings is 2. The van der Waals surface area contributed by atoms with E-state index in [4.69, 9.17) is 0 Å². The fraction of sp³-hybridized carbons (Fsp3) is 0.364. The molecule has 27 heavy (non-hydrogen) atoms. The second kappa shape index (κ2) is 9.86. The van der Waals surface area contributed by atoms with Crippen molar-refractivity contribution in [1.82, 2.24) is 4.90 Å². The summed E-state index contributed by atoms with van der Waals surface area (Å²) in [4.78, 5) is 28.0. The average Bonchev–Trinajstić information content (AvgIpc) is 2.68. The van der Waals surface area contributed by atoms with Gasteiger partial charge in [0.15, 0.2) is 0 Å². The molecule has 0 saturated carbocycles. The molecule has 0 atom stereocenters. The van der Waals surface area contributed by atoms with Crippen LogP contribution in [0.1, 0.15) is 37.8 Å². The van der Waals surface area contributed by atoms with Crippen LogP contribution in [0.15, 0.2) is 48.5 Å². The Labute approximate surface area is 160 Å². The van der Waals surface area contributed by atoms with Crippen molar-refractivity contribution >= 4 is 17.5 Å². The van der Waals surface area contributed by atoms with E-state index in [0.29, 0.717) is 19.4 Å². The van der Waals surface area contributed by atoms with Crippen molar-refractivity contribution in [1.29, 1.82) is 0 Å². The van der Waals surface area contributed by atoms with Gasteiger partial charge in [-0.3, -0.25) is 9.59 Å². The average molecular weight is 370 g/mol. The number of amides is 2. The van der Waals surface area contributed by atoms with Gasteiger partial charge >= 0.3 is 0 Å². The minimum Gasteiger partial charge on any atom is -0.345 e. The predicted octanol–water partition coefficient (Wildman–Crippen LogP) is 4.18. The van der Waals surface area contributed by atoms with E-state index in [2.05, 4.69) is 0 Å². The van der Waals surface area contributed by atoms with Crippen LogP contribution in [0.2, 0.25) is 0 Å². The van der Waals surface area contributed by atoms with Gasteiger partial charge in [-0.05, 0) is 41.8 Å². The Morgan fingerprint density at radius 1 is 0.889 bits per heavy atom. The molecule has 4 nitrogen and oxygen atoms in total. The van der Waals surface area contributed by atoms with Crippen LogP contribution in [0, 0.1) is 5.82 Å². The first-order valence-corrected chi connectivity index (χ1v) is 9.32. The van der Waals surface area contributed by atoms with E-state index in [9.17, 15) is 14.0 Å². The lowest BCUT2D eigenvalue weighted by Gasteiger charge is -2.23. The minimum atomic E-state index is -0.297. The van der Waals surface area contributed by atoms with Crippen molar-refractivity contribution in [3.05, 3.63) is 65.5 Å². The number of hydrogen-bond acceptors (Lipinski definition) is 2. The van der Waals surface area contributed by atoms with Crippen LogP contribution < -0.4 is 4.90 Å². The van der Waals surface area contributed by atoms with E-state index in [1.54, 1.807) is 21.9 Å². The summed E-state index contributed by atoms with van der Waals surface area (Å²) in [6.45, 7) is 4.98. The van der Waals surface area contributed by atoms with Crippen molar-refractivity contribution < 1.29 is 14.0 Å². The summed E-state index contributed by atoms with van der Waals surface area (Å²) in [5.74, 6) is -0.225. The number of likely N-dealkylation sites (N-methyl/N-ethyl adjacent to an activating group) is 1. The van der Waals surface area contributed by atoms with Crippen LogP contribution in [-0.4, -0.2) is 30.3 Å². The molecule has 0 spiro atoms. The van der Waals surface area contributed by atoms with Crippen LogP contribution in [0.5, 0.6) is 0 Å². The summed E-state index contributed by atoms with van der Waals surface area (Å²) in [6, 6.07) is 13.6. The molecule has 2 rings (SSSR count). The fourth-order valence-corrected chi connectivity index (χ4v) is 2.85. The lowest BCUT2D eigenvalue weighted by molar-refractivity contribution is -0.129. The molecule has 0 bridgehead atoms. The predicted molar refractivity (Wildman–Crippen MR) is 106 cm³/mol. The summed E-state index contributed by atoms with van der Waals surface area (Å²) in [7, 11) is 1.81. The Morgan fingerprint density at radius 3 is 2.04 bits per heavy atom. The van der Waals surface area contributed by atoms with E-state index in [-0.39, 0.29) is 17.6 Å². The van der Waals surface area contributed by atoms with Gasteiger partial charge in [0.25, 0.3) is 0 Å². The van der Waals surface area contributed by atoms with Crippen molar-refractivity contribution in [3.63, 3.8) is 0 Å². The van der Waals surface area contributed by atoms with Gasteiger partial charge in [-0.15, -0.1) is 0 Å². The molecular weight excluding hydrogens is 343 g/mol. The van der Waals surface area contributed by atoms with Crippen LogP contribution >= 0.6 is 0 Å².